The minimum absolute atomic E-state index is 0.0454. The molecule has 0 unspecified atom stereocenters. The fourth-order valence-electron chi connectivity index (χ4n) is 4.03. The highest BCUT2D eigenvalue weighted by Crippen LogP contribution is 2.33. The summed E-state index contributed by atoms with van der Waals surface area (Å²) in [7, 11) is 0. The molecule has 0 aliphatic carbocycles. The second-order valence-corrected chi connectivity index (χ2v) is 9.27. The first-order valence-electron chi connectivity index (χ1n) is 11.3. The first-order chi connectivity index (χ1) is 15.5. The zero-order chi connectivity index (χ0) is 24.4. The molecule has 1 heterocycles. The highest BCUT2D eigenvalue weighted by atomic mass is 16.5. The third-order valence-electron chi connectivity index (χ3n) is 6.03. The van der Waals surface area contributed by atoms with Crippen LogP contribution in [0.3, 0.4) is 0 Å². The maximum Gasteiger partial charge on any atom is 0.342 e. The number of esters is 1. The Bertz CT molecular complexity index is 1180. The smallest absolute Gasteiger partial charge is 0.342 e. The topological polar surface area (TPSA) is 68.5 Å². The second kappa shape index (κ2) is 9.65. The van der Waals surface area contributed by atoms with Crippen LogP contribution < -0.4 is 0 Å². The van der Waals surface area contributed by atoms with Crippen LogP contribution in [0.1, 0.15) is 88.3 Å². The van der Waals surface area contributed by atoms with Gasteiger partial charge in [0.05, 0.1) is 0 Å². The van der Waals surface area contributed by atoms with E-state index >= 15 is 0 Å². The number of carbonyl (C=O) groups excluding carboxylic acids is 2. The van der Waals surface area contributed by atoms with Gasteiger partial charge in [0.15, 0.2) is 6.61 Å². The number of benzene rings is 2. The van der Waals surface area contributed by atoms with Gasteiger partial charge in [-0.3, -0.25) is 4.79 Å². The van der Waals surface area contributed by atoms with Gasteiger partial charge < -0.3 is 14.4 Å². The van der Waals surface area contributed by atoms with Crippen LogP contribution in [-0.2, 0) is 4.74 Å². The molecule has 5 heteroatoms. The number of aromatic hydroxyl groups is 1. The van der Waals surface area contributed by atoms with Crippen molar-refractivity contribution in [1.82, 2.24) is 4.57 Å². The maximum atomic E-state index is 12.9. The van der Waals surface area contributed by atoms with E-state index < -0.39 is 5.97 Å². The van der Waals surface area contributed by atoms with Crippen molar-refractivity contribution in [2.24, 2.45) is 0 Å². The number of ether oxygens (including phenoxy) is 1. The second-order valence-electron chi connectivity index (χ2n) is 9.27. The van der Waals surface area contributed by atoms with Gasteiger partial charge in [0, 0.05) is 22.6 Å². The summed E-state index contributed by atoms with van der Waals surface area (Å²) in [6.45, 7) is 13.4. The van der Waals surface area contributed by atoms with Crippen molar-refractivity contribution >= 4 is 11.8 Å². The van der Waals surface area contributed by atoms with Crippen LogP contribution in [0.4, 0.5) is 0 Å². The van der Waals surface area contributed by atoms with Crippen molar-refractivity contribution < 1.29 is 19.4 Å². The Morgan fingerprint density at radius 2 is 1.55 bits per heavy atom. The van der Waals surface area contributed by atoms with Gasteiger partial charge in [-0.25, -0.2) is 4.79 Å². The van der Waals surface area contributed by atoms with Gasteiger partial charge in [0.25, 0.3) is 0 Å². The fourth-order valence-corrected chi connectivity index (χ4v) is 4.03. The normalized spacial score (nSPS) is 11.3. The van der Waals surface area contributed by atoms with E-state index in [0.29, 0.717) is 11.1 Å². The first kappa shape index (κ1) is 24.3. The number of nitrogens with zero attached hydrogens (tertiary/aromatic N) is 1. The Balaban J connectivity index is 1.83. The average molecular weight is 448 g/mol. The summed E-state index contributed by atoms with van der Waals surface area (Å²) in [5.74, 6) is -0.826. The predicted molar refractivity (Wildman–Crippen MR) is 131 cm³/mol. The van der Waals surface area contributed by atoms with Crippen LogP contribution in [0.2, 0.25) is 0 Å². The number of phenols is 1. The number of hydrogen-bond acceptors (Lipinski definition) is 4. The Hall–Kier alpha value is -3.34. The molecule has 0 bridgehead atoms. The SMILES string of the molecule is Cc1ccc(-n2c(C)cc(C(=O)COC(=O)c3cc(C(C)C)cc(C(C)C)c3O)c2C)cc1. The monoisotopic (exact) mass is 447 g/mol. The molecule has 3 aromatic rings. The number of phenolic OH excluding ortho intramolecular Hbond substituents is 1. The Morgan fingerprint density at radius 3 is 2.12 bits per heavy atom. The van der Waals surface area contributed by atoms with E-state index in [2.05, 4.69) is 0 Å². The van der Waals surface area contributed by atoms with Crippen molar-refractivity contribution in [3.8, 4) is 11.4 Å². The van der Waals surface area contributed by atoms with Gasteiger partial charge in [-0.15, -0.1) is 0 Å². The lowest BCUT2D eigenvalue weighted by Crippen LogP contribution is -2.16. The Kier molecular flexibility index (Phi) is 7.11. The van der Waals surface area contributed by atoms with E-state index in [-0.39, 0.29) is 35.5 Å². The number of Topliss-reactive ketones (excluding diaryl/α,β-unsaturated/α-hetero) is 1. The molecule has 0 spiro atoms. The Morgan fingerprint density at radius 1 is 0.909 bits per heavy atom. The van der Waals surface area contributed by atoms with E-state index in [1.54, 1.807) is 6.07 Å². The molecule has 3 rings (SSSR count). The van der Waals surface area contributed by atoms with Gasteiger partial charge in [-0.2, -0.15) is 0 Å². The average Bonchev–Trinajstić information content (AvgIpc) is 3.06. The third-order valence-corrected chi connectivity index (χ3v) is 6.03. The summed E-state index contributed by atoms with van der Waals surface area (Å²) >= 11 is 0. The van der Waals surface area contributed by atoms with E-state index in [9.17, 15) is 14.7 Å². The molecule has 0 fully saturated rings. The highest BCUT2D eigenvalue weighted by Gasteiger charge is 2.23. The summed E-state index contributed by atoms with van der Waals surface area (Å²) in [6.07, 6.45) is 0. The quantitative estimate of drug-likeness (QED) is 0.336. The molecule has 2 aromatic carbocycles. The van der Waals surface area contributed by atoms with Crippen LogP contribution in [0.5, 0.6) is 5.75 Å². The van der Waals surface area contributed by atoms with Crippen LogP contribution in [0.25, 0.3) is 5.69 Å². The highest BCUT2D eigenvalue weighted by molar-refractivity contribution is 6.01. The Labute approximate surface area is 196 Å². The predicted octanol–water partition coefficient (Wildman–Crippen LogP) is 6.39. The number of carbonyl (C=O) groups is 2. The first-order valence-corrected chi connectivity index (χ1v) is 11.3. The minimum Gasteiger partial charge on any atom is -0.507 e. The molecule has 33 heavy (non-hydrogen) atoms. The molecule has 0 saturated carbocycles. The van der Waals surface area contributed by atoms with Crippen molar-refractivity contribution in [1.29, 1.82) is 0 Å². The lowest BCUT2D eigenvalue weighted by Gasteiger charge is -2.16. The standard InChI is InChI=1S/C28H33NO4/c1-16(2)21-13-23(17(3)4)27(31)25(14-21)28(32)33-15-26(30)24-12-19(6)29(20(24)7)22-10-8-18(5)9-11-22/h8-14,16-17,31H,15H2,1-7H3. The number of aryl methyl sites for hydroxylation is 2. The number of hydrogen-bond donors (Lipinski definition) is 1. The van der Waals surface area contributed by atoms with Crippen molar-refractivity contribution in [3.05, 3.63) is 81.7 Å². The summed E-state index contributed by atoms with van der Waals surface area (Å²) in [4.78, 5) is 25.8. The van der Waals surface area contributed by atoms with Crippen LogP contribution in [-0.4, -0.2) is 28.0 Å². The number of rotatable bonds is 7. The van der Waals surface area contributed by atoms with E-state index in [1.165, 1.54) is 0 Å². The van der Waals surface area contributed by atoms with Gasteiger partial charge in [-0.1, -0.05) is 51.5 Å². The molecule has 0 saturated heterocycles. The van der Waals surface area contributed by atoms with E-state index in [4.69, 9.17) is 4.74 Å². The molecule has 0 amide bonds. The van der Waals surface area contributed by atoms with Gasteiger partial charge in [-0.05, 0) is 68.0 Å². The minimum atomic E-state index is -0.697. The zero-order valence-electron chi connectivity index (χ0n) is 20.5. The van der Waals surface area contributed by atoms with Gasteiger partial charge in [0.2, 0.25) is 5.78 Å². The van der Waals surface area contributed by atoms with Crippen molar-refractivity contribution in [2.75, 3.05) is 6.61 Å². The largest absolute Gasteiger partial charge is 0.507 e. The number of aromatic nitrogens is 1. The molecule has 174 valence electrons. The third kappa shape index (κ3) is 5.03. The van der Waals surface area contributed by atoms with Crippen LogP contribution >= 0.6 is 0 Å². The number of ketones is 1. The van der Waals surface area contributed by atoms with Crippen LogP contribution in [0.15, 0.2) is 42.5 Å². The molecule has 0 atom stereocenters. The summed E-state index contributed by atoms with van der Waals surface area (Å²) < 4.78 is 7.38. The molecule has 5 nitrogen and oxygen atoms in total. The van der Waals surface area contributed by atoms with Crippen molar-refractivity contribution in [2.45, 2.75) is 60.3 Å². The molecule has 0 aliphatic heterocycles. The van der Waals surface area contributed by atoms with E-state index in [0.717, 1.165) is 28.2 Å². The summed E-state index contributed by atoms with van der Waals surface area (Å²) in [6, 6.07) is 13.5. The lowest BCUT2D eigenvalue weighted by atomic mass is 9.92. The molecule has 0 aliphatic rings. The zero-order valence-corrected chi connectivity index (χ0v) is 20.5. The van der Waals surface area contributed by atoms with Gasteiger partial charge >= 0.3 is 5.97 Å². The summed E-state index contributed by atoms with van der Waals surface area (Å²) in [5.41, 5.74) is 6.11. The fraction of sp³-hybridized carbons (Fsp3) is 0.357. The lowest BCUT2D eigenvalue weighted by molar-refractivity contribution is 0.0471. The molecular formula is C28H33NO4. The maximum absolute atomic E-state index is 12.9. The molecular weight excluding hydrogens is 414 g/mol. The van der Waals surface area contributed by atoms with Crippen molar-refractivity contribution in [3.63, 3.8) is 0 Å². The van der Waals surface area contributed by atoms with Gasteiger partial charge in [0.1, 0.15) is 11.3 Å². The molecule has 1 N–H and O–H groups in total. The molecule has 0 radical (unpaired) electrons. The molecule has 1 aromatic heterocycles. The summed E-state index contributed by atoms with van der Waals surface area (Å²) in [5, 5.41) is 10.7. The van der Waals surface area contributed by atoms with Crippen LogP contribution in [0, 0.1) is 20.8 Å². The van der Waals surface area contributed by atoms with E-state index in [1.807, 2.05) is 89.4 Å².